The molecular weight excluding hydrogens is 457 g/mol. The molecule has 1 aliphatic heterocycles. The zero-order chi connectivity index (χ0) is 22.0. The third kappa shape index (κ3) is 4.86. The molecule has 0 atom stereocenters. The van der Waals surface area contributed by atoms with Crippen molar-refractivity contribution in [2.75, 3.05) is 38.0 Å². The van der Waals surface area contributed by atoms with Crippen molar-refractivity contribution in [1.29, 1.82) is 0 Å². The van der Waals surface area contributed by atoms with Crippen LogP contribution in [0.25, 0.3) is 10.8 Å². The van der Waals surface area contributed by atoms with Crippen LogP contribution in [0, 0.1) is 0 Å². The SMILES string of the molecule is O=C(C[NH+]1CCN(S(=O)(=O)c2ccc3ccccc3c2)CC1)Nc1cccc(Cl)c1Cl. The first kappa shape index (κ1) is 22.0. The normalized spacial score (nSPS) is 15.8. The molecule has 162 valence electrons. The molecule has 1 aliphatic rings. The van der Waals surface area contributed by atoms with Gasteiger partial charge in [-0.2, -0.15) is 4.31 Å². The summed E-state index contributed by atoms with van der Waals surface area (Å²) in [6, 6.07) is 17.9. The maximum Gasteiger partial charge on any atom is 0.279 e. The van der Waals surface area contributed by atoms with E-state index in [0.29, 0.717) is 46.8 Å². The van der Waals surface area contributed by atoms with Gasteiger partial charge in [0, 0.05) is 0 Å². The minimum absolute atomic E-state index is 0.190. The van der Waals surface area contributed by atoms with E-state index in [2.05, 4.69) is 5.32 Å². The summed E-state index contributed by atoms with van der Waals surface area (Å²) >= 11 is 12.1. The van der Waals surface area contributed by atoms with Gasteiger partial charge < -0.3 is 10.2 Å². The van der Waals surface area contributed by atoms with Crippen molar-refractivity contribution < 1.29 is 18.1 Å². The van der Waals surface area contributed by atoms with E-state index in [0.717, 1.165) is 15.7 Å². The lowest BCUT2D eigenvalue weighted by Crippen LogP contribution is -3.15. The lowest BCUT2D eigenvalue weighted by Gasteiger charge is -2.31. The van der Waals surface area contributed by atoms with Crippen LogP contribution >= 0.6 is 23.2 Å². The van der Waals surface area contributed by atoms with E-state index in [4.69, 9.17) is 23.2 Å². The van der Waals surface area contributed by atoms with Gasteiger partial charge in [-0.3, -0.25) is 4.79 Å². The van der Waals surface area contributed by atoms with Gasteiger partial charge in [0.05, 0.1) is 46.8 Å². The van der Waals surface area contributed by atoms with Crippen LogP contribution < -0.4 is 10.2 Å². The maximum atomic E-state index is 13.1. The van der Waals surface area contributed by atoms with E-state index in [1.807, 2.05) is 30.3 Å². The summed E-state index contributed by atoms with van der Waals surface area (Å²) in [7, 11) is -3.58. The second-order valence-electron chi connectivity index (χ2n) is 7.49. The molecular formula is C22H22Cl2N3O3S+. The fraction of sp³-hybridized carbons (Fsp3) is 0.227. The molecule has 3 aromatic rings. The predicted octanol–water partition coefficient (Wildman–Crippen LogP) is 2.67. The average Bonchev–Trinajstić information content (AvgIpc) is 2.77. The summed E-state index contributed by atoms with van der Waals surface area (Å²) in [6.07, 6.45) is 0. The van der Waals surface area contributed by atoms with Crippen molar-refractivity contribution in [2.45, 2.75) is 4.90 Å². The van der Waals surface area contributed by atoms with E-state index >= 15 is 0 Å². The summed E-state index contributed by atoms with van der Waals surface area (Å²) in [5.41, 5.74) is 0.469. The summed E-state index contributed by atoms with van der Waals surface area (Å²) in [6.45, 7) is 2.03. The highest BCUT2D eigenvalue weighted by atomic mass is 35.5. The van der Waals surface area contributed by atoms with Crippen molar-refractivity contribution in [3.63, 3.8) is 0 Å². The number of hydrogen-bond acceptors (Lipinski definition) is 3. The average molecular weight is 479 g/mol. The van der Waals surface area contributed by atoms with Crippen LogP contribution in [0.15, 0.2) is 65.6 Å². The van der Waals surface area contributed by atoms with Crippen molar-refractivity contribution in [3.8, 4) is 0 Å². The highest BCUT2D eigenvalue weighted by molar-refractivity contribution is 7.89. The number of nitrogens with zero attached hydrogens (tertiary/aromatic N) is 1. The molecule has 6 nitrogen and oxygen atoms in total. The molecule has 0 aromatic heterocycles. The van der Waals surface area contributed by atoms with Gasteiger partial charge in [-0.05, 0) is 35.0 Å². The molecule has 1 heterocycles. The van der Waals surface area contributed by atoms with Gasteiger partial charge in [0.25, 0.3) is 5.91 Å². The Labute approximate surface area is 191 Å². The fourth-order valence-electron chi connectivity index (χ4n) is 3.72. The Balaban J connectivity index is 1.37. The van der Waals surface area contributed by atoms with Gasteiger partial charge in [0.2, 0.25) is 10.0 Å². The molecule has 0 radical (unpaired) electrons. The molecule has 0 aliphatic carbocycles. The van der Waals surface area contributed by atoms with Gasteiger partial charge in [0.1, 0.15) is 0 Å². The van der Waals surface area contributed by atoms with E-state index in [9.17, 15) is 13.2 Å². The van der Waals surface area contributed by atoms with Crippen LogP contribution in [0.4, 0.5) is 5.69 Å². The molecule has 1 saturated heterocycles. The van der Waals surface area contributed by atoms with Crippen molar-refractivity contribution in [3.05, 3.63) is 70.7 Å². The Bertz CT molecular complexity index is 1230. The first-order valence-electron chi connectivity index (χ1n) is 9.91. The minimum Gasteiger partial charge on any atom is -0.325 e. The molecule has 1 amide bonds. The molecule has 31 heavy (non-hydrogen) atoms. The van der Waals surface area contributed by atoms with Crippen molar-refractivity contribution in [2.24, 2.45) is 0 Å². The highest BCUT2D eigenvalue weighted by Gasteiger charge is 2.31. The topological polar surface area (TPSA) is 70.9 Å². The second-order valence-corrected chi connectivity index (χ2v) is 10.2. The standard InChI is InChI=1S/C22H21Cl2N3O3S/c23-19-6-3-7-20(22(19)24)25-21(28)15-26-10-12-27(13-11-26)31(29,30)18-9-8-16-4-1-2-5-17(16)14-18/h1-9,14H,10-13,15H2,(H,25,28)/p+1. The van der Waals surface area contributed by atoms with Crippen LogP contribution in [-0.4, -0.2) is 51.4 Å². The van der Waals surface area contributed by atoms with E-state index in [-0.39, 0.29) is 12.5 Å². The number of fused-ring (bicyclic) bond motifs is 1. The molecule has 2 N–H and O–H groups in total. The zero-order valence-electron chi connectivity index (χ0n) is 16.6. The number of nitrogens with one attached hydrogen (secondary N) is 2. The maximum absolute atomic E-state index is 13.1. The lowest BCUT2D eigenvalue weighted by molar-refractivity contribution is -0.895. The molecule has 0 bridgehead atoms. The first-order chi connectivity index (χ1) is 14.8. The van der Waals surface area contributed by atoms with Gasteiger partial charge in [-0.15, -0.1) is 0 Å². The first-order valence-corrected chi connectivity index (χ1v) is 12.1. The number of halogens is 2. The Hall–Kier alpha value is -2.16. The number of sulfonamides is 1. The van der Waals surface area contributed by atoms with Crippen molar-refractivity contribution in [1.82, 2.24) is 4.31 Å². The largest absolute Gasteiger partial charge is 0.325 e. The molecule has 3 aromatic carbocycles. The van der Waals surface area contributed by atoms with E-state index < -0.39 is 10.0 Å². The predicted molar refractivity (Wildman–Crippen MR) is 123 cm³/mol. The molecule has 0 unspecified atom stereocenters. The summed E-state index contributed by atoms with van der Waals surface area (Å²) in [4.78, 5) is 13.7. The molecule has 1 fully saturated rings. The molecule has 4 rings (SSSR count). The van der Waals surface area contributed by atoms with Crippen LogP contribution in [0.3, 0.4) is 0 Å². The van der Waals surface area contributed by atoms with Gasteiger partial charge in [-0.25, -0.2) is 8.42 Å². The Morgan fingerprint density at radius 2 is 1.68 bits per heavy atom. The van der Waals surface area contributed by atoms with Crippen LogP contribution in [0.1, 0.15) is 0 Å². The third-order valence-electron chi connectivity index (χ3n) is 5.42. The zero-order valence-corrected chi connectivity index (χ0v) is 19.0. The number of rotatable bonds is 5. The number of benzene rings is 3. The van der Waals surface area contributed by atoms with Crippen LogP contribution in [-0.2, 0) is 14.8 Å². The second kappa shape index (κ2) is 9.14. The summed E-state index contributed by atoms with van der Waals surface area (Å²) < 4.78 is 27.7. The Morgan fingerprint density at radius 1 is 0.968 bits per heavy atom. The molecule has 9 heteroatoms. The lowest BCUT2D eigenvalue weighted by atomic mass is 10.1. The van der Waals surface area contributed by atoms with E-state index in [1.54, 1.807) is 30.3 Å². The van der Waals surface area contributed by atoms with E-state index in [1.165, 1.54) is 4.31 Å². The summed E-state index contributed by atoms with van der Waals surface area (Å²) in [5.74, 6) is -0.190. The van der Waals surface area contributed by atoms with Gasteiger partial charge >= 0.3 is 0 Å². The number of amides is 1. The number of carbonyl (C=O) groups is 1. The van der Waals surface area contributed by atoms with Gasteiger partial charge in [0.15, 0.2) is 6.54 Å². The number of piperazine rings is 1. The third-order valence-corrected chi connectivity index (χ3v) is 8.14. The Morgan fingerprint density at radius 3 is 2.42 bits per heavy atom. The minimum atomic E-state index is -3.58. The molecule has 0 spiro atoms. The number of hydrogen-bond donors (Lipinski definition) is 2. The smallest absolute Gasteiger partial charge is 0.279 e. The fourth-order valence-corrected chi connectivity index (χ4v) is 5.54. The van der Waals surface area contributed by atoms with Crippen LogP contribution in [0.2, 0.25) is 10.0 Å². The number of quaternary nitrogens is 1. The number of anilines is 1. The highest BCUT2D eigenvalue weighted by Crippen LogP contribution is 2.29. The monoisotopic (exact) mass is 478 g/mol. The van der Waals surface area contributed by atoms with Crippen molar-refractivity contribution >= 4 is 55.6 Å². The summed E-state index contributed by atoms with van der Waals surface area (Å²) in [5, 5.41) is 5.35. The van der Waals surface area contributed by atoms with Crippen LogP contribution in [0.5, 0.6) is 0 Å². The number of carbonyl (C=O) groups excluding carboxylic acids is 1. The Kier molecular flexibility index (Phi) is 6.50. The molecule has 0 saturated carbocycles. The quantitative estimate of drug-likeness (QED) is 0.592. The van der Waals surface area contributed by atoms with Gasteiger partial charge in [-0.1, -0.05) is 59.6 Å².